The Bertz CT molecular complexity index is 820. The molecule has 0 N–H and O–H groups in total. The lowest BCUT2D eigenvalue weighted by Gasteiger charge is -2.30. The van der Waals surface area contributed by atoms with Gasteiger partial charge >= 0.3 is 5.97 Å². The van der Waals surface area contributed by atoms with Crippen LogP contribution >= 0.6 is 11.8 Å². The Labute approximate surface area is 170 Å². The Kier molecular flexibility index (Phi) is 7.25. The second-order valence-electron chi connectivity index (χ2n) is 6.15. The molecular formula is C22H25NO4S. The fourth-order valence-corrected chi connectivity index (χ4v) is 4.01. The minimum Gasteiger partial charge on any atom is -0.492 e. The first-order valence-electron chi connectivity index (χ1n) is 9.33. The molecule has 0 radical (unpaired) electrons. The van der Waals surface area contributed by atoms with Crippen LogP contribution in [0.1, 0.15) is 12.5 Å². The molecule has 0 saturated carbocycles. The van der Waals surface area contributed by atoms with Crippen LogP contribution < -0.4 is 9.64 Å². The number of methoxy groups -OCH3 is 1. The predicted octanol–water partition coefficient (Wildman–Crippen LogP) is 4.23. The number of hydrogen-bond acceptors (Lipinski definition) is 6. The third kappa shape index (κ3) is 5.23. The lowest BCUT2D eigenvalue weighted by atomic mass is 10.2. The monoisotopic (exact) mass is 399 g/mol. The van der Waals surface area contributed by atoms with Gasteiger partial charge in [0, 0.05) is 17.2 Å². The Hall–Kier alpha value is -2.60. The van der Waals surface area contributed by atoms with E-state index >= 15 is 0 Å². The lowest BCUT2D eigenvalue weighted by Crippen LogP contribution is -2.33. The quantitative estimate of drug-likeness (QED) is 0.376. The summed E-state index contributed by atoms with van der Waals surface area (Å²) in [4.78, 5) is 15.4. The highest BCUT2D eigenvalue weighted by molar-refractivity contribution is 7.99. The second-order valence-corrected chi connectivity index (χ2v) is 7.29. The Morgan fingerprint density at radius 3 is 2.71 bits per heavy atom. The van der Waals surface area contributed by atoms with Gasteiger partial charge in [0.05, 0.1) is 25.9 Å². The second kappa shape index (κ2) is 10.1. The molecule has 1 heterocycles. The number of thioether (sulfide) groups is 1. The van der Waals surface area contributed by atoms with Crippen molar-refractivity contribution >= 4 is 29.5 Å². The van der Waals surface area contributed by atoms with Crippen LogP contribution in [0, 0.1) is 0 Å². The third-order valence-corrected chi connectivity index (χ3v) is 5.36. The highest BCUT2D eigenvalue weighted by atomic mass is 32.2. The van der Waals surface area contributed by atoms with E-state index in [2.05, 4.69) is 29.2 Å². The highest BCUT2D eigenvalue weighted by Gasteiger charge is 2.16. The van der Waals surface area contributed by atoms with Gasteiger partial charge < -0.3 is 19.1 Å². The Balaban J connectivity index is 1.56. The van der Waals surface area contributed by atoms with E-state index in [0.29, 0.717) is 13.2 Å². The SMILES string of the molecule is CCO/C(=C\c1ccc(OCCN2CCSc3ccccc32)cc1)C(=O)OC. The average Bonchev–Trinajstić information content (AvgIpc) is 2.74. The molecule has 1 aliphatic heterocycles. The maximum atomic E-state index is 11.7. The van der Waals surface area contributed by atoms with Gasteiger partial charge in [-0.1, -0.05) is 24.3 Å². The summed E-state index contributed by atoms with van der Waals surface area (Å²) >= 11 is 1.90. The highest BCUT2D eigenvalue weighted by Crippen LogP contribution is 2.33. The van der Waals surface area contributed by atoms with Crippen molar-refractivity contribution in [3.8, 4) is 5.75 Å². The zero-order valence-corrected chi connectivity index (χ0v) is 17.0. The van der Waals surface area contributed by atoms with Crippen molar-refractivity contribution in [3.63, 3.8) is 0 Å². The van der Waals surface area contributed by atoms with Gasteiger partial charge in [0.1, 0.15) is 12.4 Å². The number of fused-ring (bicyclic) bond motifs is 1. The largest absolute Gasteiger partial charge is 0.492 e. The molecular weight excluding hydrogens is 374 g/mol. The van der Waals surface area contributed by atoms with Crippen molar-refractivity contribution < 1.29 is 19.0 Å². The van der Waals surface area contributed by atoms with Gasteiger partial charge in [-0.15, -0.1) is 11.8 Å². The summed E-state index contributed by atoms with van der Waals surface area (Å²) in [6, 6.07) is 16.1. The van der Waals surface area contributed by atoms with Crippen LogP contribution in [0.3, 0.4) is 0 Å². The number of carbonyl (C=O) groups excluding carboxylic acids is 1. The van der Waals surface area contributed by atoms with E-state index in [9.17, 15) is 4.79 Å². The maximum absolute atomic E-state index is 11.7. The molecule has 2 aromatic carbocycles. The number of esters is 1. The van der Waals surface area contributed by atoms with Crippen LogP contribution in [-0.4, -0.2) is 45.1 Å². The number of ether oxygens (including phenoxy) is 3. The molecule has 6 heteroatoms. The van der Waals surface area contributed by atoms with Crippen molar-refractivity contribution in [1.29, 1.82) is 0 Å². The topological polar surface area (TPSA) is 48.0 Å². The van der Waals surface area contributed by atoms with Crippen molar-refractivity contribution in [2.24, 2.45) is 0 Å². The smallest absolute Gasteiger partial charge is 0.373 e. The van der Waals surface area contributed by atoms with Gasteiger partial charge in [0.2, 0.25) is 5.76 Å². The molecule has 1 aliphatic rings. The molecule has 148 valence electrons. The normalized spacial score (nSPS) is 13.6. The van der Waals surface area contributed by atoms with Crippen molar-refractivity contribution in [2.45, 2.75) is 11.8 Å². The van der Waals surface area contributed by atoms with E-state index in [-0.39, 0.29) is 5.76 Å². The molecule has 0 spiro atoms. The molecule has 2 aromatic rings. The van der Waals surface area contributed by atoms with Gasteiger partial charge in [-0.2, -0.15) is 0 Å². The molecule has 0 bridgehead atoms. The minimum atomic E-state index is -0.484. The molecule has 0 aliphatic carbocycles. The van der Waals surface area contributed by atoms with Crippen LogP contribution in [0.5, 0.6) is 5.75 Å². The van der Waals surface area contributed by atoms with Crippen LogP contribution in [0.15, 0.2) is 59.2 Å². The van der Waals surface area contributed by atoms with E-state index in [1.54, 1.807) is 6.08 Å². The van der Waals surface area contributed by atoms with Crippen LogP contribution in [0.25, 0.3) is 6.08 Å². The van der Waals surface area contributed by atoms with Crippen LogP contribution in [0.4, 0.5) is 5.69 Å². The standard InChI is InChI=1S/C22H25NO4S/c1-3-26-20(22(24)25-2)16-17-8-10-18(11-9-17)27-14-12-23-13-15-28-21-7-5-4-6-19(21)23/h4-11,16H,3,12-15H2,1-2H3/b20-16-. The van der Waals surface area contributed by atoms with Crippen molar-refractivity contribution in [3.05, 3.63) is 59.9 Å². The first-order valence-corrected chi connectivity index (χ1v) is 10.3. The number of para-hydroxylation sites is 1. The summed E-state index contributed by atoms with van der Waals surface area (Å²) in [6.45, 7) is 4.71. The number of rotatable bonds is 8. The van der Waals surface area contributed by atoms with E-state index in [4.69, 9.17) is 14.2 Å². The fraction of sp³-hybridized carbons (Fsp3) is 0.318. The molecule has 0 fully saturated rings. The van der Waals surface area contributed by atoms with E-state index in [1.807, 2.05) is 43.0 Å². The van der Waals surface area contributed by atoms with E-state index in [0.717, 1.165) is 30.2 Å². The summed E-state index contributed by atoms with van der Waals surface area (Å²) < 4.78 is 16.0. The molecule has 5 nitrogen and oxygen atoms in total. The average molecular weight is 400 g/mol. The number of hydrogen-bond donors (Lipinski definition) is 0. The zero-order chi connectivity index (χ0) is 19.8. The van der Waals surface area contributed by atoms with Crippen LogP contribution in [0.2, 0.25) is 0 Å². The lowest BCUT2D eigenvalue weighted by molar-refractivity contribution is -0.139. The van der Waals surface area contributed by atoms with Gasteiger partial charge in [-0.05, 0) is 42.8 Å². The molecule has 0 atom stereocenters. The fourth-order valence-electron chi connectivity index (χ4n) is 2.96. The third-order valence-electron chi connectivity index (χ3n) is 4.32. The molecule has 0 unspecified atom stereocenters. The minimum absolute atomic E-state index is 0.195. The molecule has 28 heavy (non-hydrogen) atoms. The Morgan fingerprint density at radius 1 is 1.18 bits per heavy atom. The number of anilines is 1. The van der Waals surface area contributed by atoms with Crippen LogP contribution in [-0.2, 0) is 14.3 Å². The first-order chi connectivity index (χ1) is 13.7. The summed E-state index contributed by atoms with van der Waals surface area (Å²) in [5, 5.41) is 0. The number of benzene rings is 2. The van der Waals surface area contributed by atoms with E-state index < -0.39 is 5.97 Å². The van der Waals surface area contributed by atoms with E-state index in [1.165, 1.54) is 17.7 Å². The summed E-state index contributed by atoms with van der Waals surface area (Å²) in [6.07, 6.45) is 1.67. The molecule has 3 rings (SSSR count). The molecule has 0 aromatic heterocycles. The molecule has 0 saturated heterocycles. The predicted molar refractivity (Wildman–Crippen MR) is 113 cm³/mol. The Morgan fingerprint density at radius 2 is 1.96 bits per heavy atom. The summed E-state index contributed by atoms with van der Waals surface area (Å²) in [7, 11) is 1.34. The summed E-state index contributed by atoms with van der Waals surface area (Å²) in [5.74, 6) is 1.61. The number of carbonyl (C=O) groups is 1. The number of nitrogens with zero attached hydrogens (tertiary/aromatic N) is 1. The van der Waals surface area contributed by atoms with Crippen molar-refractivity contribution in [2.75, 3.05) is 44.1 Å². The molecule has 0 amide bonds. The van der Waals surface area contributed by atoms with Gasteiger partial charge in [0.25, 0.3) is 0 Å². The summed E-state index contributed by atoms with van der Waals surface area (Å²) in [5.41, 5.74) is 2.14. The van der Waals surface area contributed by atoms with Gasteiger partial charge in [0.15, 0.2) is 0 Å². The maximum Gasteiger partial charge on any atom is 0.373 e. The van der Waals surface area contributed by atoms with Gasteiger partial charge in [-0.25, -0.2) is 4.79 Å². The zero-order valence-electron chi connectivity index (χ0n) is 16.2. The van der Waals surface area contributed by atoms with Crippen molar-refractivity contribution in [1.82, 2.24) is 0 Å². The first kappa shape index (κ1) is 20.1. The van der Waals surface area contributed by atoms with Gasteiger partial charge in [-0.3, -0.25) is 0 Å².